The third kappa shape index (κ3) is 1.59. The van der Waals surface area contributed by atoms with E-state index in [-0.39, 0.29) is 5.57 Å². The van der Waals surface area contributed by atoms with E-state index in [4.69, 9.17) is 10.5 Å². The van der Waals surface area contributed by atoms with E-state index in [2.05, 4.69) is 0 Å². The molecule has 0 aromatic carbocycles. The predicted octanol–water partition coefficient (Wildman–Crippen LogP) is 3.24. The molecule has 1 N–H and O–H groups in total. The molecule has 1 aromatic rings. The van der Waals surface area contributed by atoms with Crippen molar-refractivity contribution in [3.63, 3.8) is 0 Å². The zero-order valence-electron chi connectivity index (χ0n) is 10.4. The third-order valence-corrected chi connectivity index (χ3v) is 4.03. The smallest absolute Gasteiger partial charge is 0.137 e. The molecular formula is C14H12N2OS. The van der Waals surface area contributed by atoms with Crippen molar-refractivity contribution in [1.82, 2.24) is 0 Å². The lowest BCUT2D eigenvalue weighted by Gasteiger charge is -2.10. The summed E-state index contributed by atoms with van der Waals surface area (Å²) in [6.07, 6.45) is -0.721. The van der Waals surface area contributed by atoms with Gasteiger partial charge in [0.05, 0.1) is 0 Å². The molecule has 1 heterocycles. The Kier molecular flexibility index (Phi) is 3.09. The summed E-state index contributed by atoms with van der Waals surface area (Å²) in [5, 5.41) is 30.4. The molecule has 0 aliphatic heterocycles. The second kappa shape index (κ2) is 4.42. The average molecular weight is 256 g/mol. The fourth-order valence-electron chi connectivity index (χ4n) is 2.34. The number of aliphatic hydroxyl groups excluding tert-OH is 1. The van der Waals surface area contributed by atoms with Crippen LogP contribution in [0.1, 0.15) is 36.0 Å². The zero-order valence-corrected chi connectivity index (χ0v) is 11.2. The minimum atomic E-state index is -0.721. The van der Waals surface area contributed by atoms with Gasteiger partial charge in [-0.25, -0.2) is 0 Å². The molecule has 1 aliphatic rings. The van der Waals surface area contributed by atoms with Crippen LogP contribution in [0.2, 0.25) is 0 Å². The lowest BCUT2D eigenvalue weighted by molar-refractivity contribution is 0.224. The summed E-state index contributed by atoms with van der Waals surface area (Å²) in [6, 6.07) is 3.87. The van der Waals surface area contributed by atoms with Gasteiger partial charge in [0.25, 0.3) is 0 Å². The van der Waals surface area contributed by atoms with E-state index in [0.717, 1.165) is 21.6 Å². The van der Waals surface area contributed by atoms with Crippen LogP contribution in [0.3, 0.4) is 0 Å². The van der Waals surface area contributed by atoms with E-state index < -0.39 is 6.10 Å². The zero-order chi connectivity index (χ0) is 13.4. The molecule has 90 valence electrons. The largest absolute Gasteiger partial charge is 0.384 e. The van der Waals surface area contributed by atoms with Gasteiger partial charge in [0.1, 0.15) is 23.8 Å². The molecule has 0 radical (unpaired) electrons. The summed E-state index contributed by atoms with van der Waals surface area (Å²) in [4.78, 5) is 1.03. The molecule has 1 atom stereocenters. The number of aliphatic hydroxyl groups is 1. The molecule has 0 fully saturated rings. The van der Waals surface area contributed by atoms with E-state index in [0.29, 0.717) is 11.1 Å². The molecule has 1 unspecified atom stereocenters. The highest BCUT2D eigenvalue weighted by molar-refractivity contribution is 7.10. The molecule has 0 saturated heterocycles. The Labute approximate surface area is 110 Å². The molecule has 2 rings (SSSR count). The quantitative estimate of drug-likeness (QED) is 0.724. The third-order valence-electron chi connectivity index (χ3n) is 3.10. The molecule has 0 bridgehead atoms. The van der Waals surface area contributed by atoms with Gasteiger partial charge >= 0.3 is 0 Å². The van der Waals surface area contributed by atoms with Gasteiger partial charge in [-0.15, -0.1) is 11.3 Å². The highest BCUT2D eigenvalue weighted by Gasteiger charge is 2.35. The molecule has 0 saturated carbocycles. The second-order valence-corrected chi connectivity index (χ2v) is 5.50. The SMILES string of the molecule is CC(C)=C1C(=C(C#N)C#N)c2c(csc2C)C1O. The van der Waals surface area contributed by atoms with Gasteiger partial charge in [0, 0.05) is 21.6 Å². The van der Waals surface area contributed by atoms with Crippen LogP contribution >= 0.6 is 11.3 Å². The average Bonchev–Trinajstić information content (AvgIpc) is 2.82. The van der Waals surface area contributed by atoms with Crippen molar-refractivity contribution in [2.75, 3.05) is 0 Å². The van der Waals surface area contributed by atoms with Crippen molar-refractivity contribution in [1.29, 1.82) is 10.5 Å². The predicted molar refractivity (Wildman–Crippen MR) is 70.5 cm³/mol. The lowest BCUT2D eigenvalue weighted by atomic mass is 9.96. The fourth-order valence-corrected chi connectivity index (χ4v) is 3.23. The summed E-state index contributed by atoms with van der Waals surface area (Å²) in [5.74, 6) is 0. The van der Waals surface area contributed by atoms with Crippen LogP contribution in [0.15, 0.2) is 22.1 Å². The van der Waals surface area contributed by atoms with Crippen LogP contribution < -0.4 is 0 Å². The molecule has 1 aliphatic carbocycles. The van der Waals surface area contributed by atoms with E-state index in [9.17, 15) is 5.11 Å². The number of fused-ring (bicyclic) bond motifs is 1. The van der Waals surface area contributed by atoms with Crippen molar-refractivity contribution in [2.45, 2.75) is 26.9 Å². The van der Waals surface area contributed by atoms with Gasteiger partial charge in [-0.3, -0.25) is 0 Å². The van der Waals surface area contributed by atoms with Crippen molar-refractivity contribution >= 4 is 16.9 Å². The number of aryl methyl sites for hydroxylation is 1. The number of hydrogen-bond acceptors (Lipinski definition) is 4. The topological polar surface area (TPSA) is 67.8 Å². The lowest BCUT2D eigenvalue weighted by Crippen LogP contribution is -1.96. The van der Waals surface area contributed by atoms with Crippen molar-refractivity contribution < 1.29 is 5.11 Å². The molecule has 3 nitrogen and oxygen atoms in total. The van der Waals surface area contributed by atoms with Gasteiger partial charge in [-0.1, -0.05) is 5.57 Å². The van der Waals surface area contributed by atoms with Gasteiger partial charge in [0.2, 0.25) is 0 Å². The molecular weight excluding hydrogens is 244 g/mol. The van der Waals surface area contributed by atoms with Gasteiger partial charge < -0.3 is 5.11 Å². The Hall–Kier alpha value is -1.88. The Morgan fingerprint density at radius 2 is 1.94 bits per heavy atom. The van der Waals surface area contributed by atoms with Crippen LogP contribution in [0.25, 0.3) is 5.57 Å². The first-order valence-corrected chi connectivity index (χ1v) is 6.39. The second-order valence-electron chi connectivity index (χ2n) is 4.41. The minimum absolute atomic E-state index is 0.0745. The highest BCUT2D eigenvalue weighted by Crippen LogP contribution is 2.50. The highest BCUT2D eigenvalue weighted by atomic mass is 32.1. The fraction of sp³-hybridized carbons (Fsp3) is 0.286. The Morgan fingerprint density at radius 3 is 2.44 bits per heavy atom. The van der Waals surface area contributed by atoms with Crippen molar-refractivity contribution in [3.05, 3.63) is 38.1 Å². The maximum atomic E-state index is 10.3. The van der Waals surface area contributed by atoms with E-state index >= 15 is 0 Å². The van der Waals surface area contributed by atoms with E-state index in [1.807, 2.05) is 38.3 Å². The summed E-state index contributed by atoms with van der Waals surface area (Å²) < 4.78 is 0. The van der Waals surface area contributed by atoms with Crippen molar-refractivity contribution in [2.24, 2.45) is 0 Å². The number of nitriles is 2. The maximum Gasteiger partial charge on any atom is 0.137 e. The van der Waals surface area contributed by atoms with Gasteiger partial charge in [0.15, 0.2) is 0 Å². The number of allylic oxidation sites excluding steroid dienone is 2. The van der Waals surface area contributed by atoms with E-state index in [1.165, 1.54) is 11.3 Å². The first-order chi connectivity index (χ1) is 8.52. The molecule has 0 spiro atoms. The van der Waals surface area contributed by atoms with Crippen LogP contribution in [-0.2, 0) is 0 Å². The summed E-state index contributed by atoms with van der Waals surface area (Å²) in [6.45, 7) is 5.71. The summed E-state index contributed by atoms with van der Waals surface area (Å²) in [7, 11) is 0. The summed E-state index contributed by atoms with van der Waals surface area (Å²) >= 11 is 1.53. The van der Waals surface area contributed by atoms with Gasteiger partial charge in [-0.05, 0) is 31.7 Å². The Bertz CT molecular complexity index is 645. The molecule has 0 amide bonds. The maximum absolute atomic E-state index is 10.3. The molecule has 18 heavy (non-hydrogen) atoms. The van der Waals surface area contributed by atoms with Crippen molar-refractivity contribution in [3.8, 4) is 12.1 Å². The Balaban J connectivity index is 2.89. The number of hydrogen-bond donors (Lipinski definition) is 1. The Morgan fingerprint density at radius 1 is 1.33 bits per heavy atom. The van der Waals surface area contributed by atoms with Crippen LogP contribution in [-0.4, -0.2) is 5.11 Å². The van der Waals surface area contributed by atoms with Crippen LogP contribution in [0.5, 0.6) is 0 Å². The number of rotatable bonds is 0. The van der Waals surface area contributed by atoms with Crippen LogP contribution in [0, 0.1) is 29.6 Å². The monoisotopic (exact) mass is 256 g/mol. The minimum Gasteiger partial charge on any atom is -0.384 e. The number of nitrogens with zero attached hydrogens (tertiary/aromatic N) is 2. The summed E-state index contributed by atoms with van der Waals surface area (Å²) in [5.41, 5.74) is 4.00. The van der Waals surface area contributed by atoms with Gasteiger partial charge in [-0.2, -0.15) is 10.5 Å². The first-order valence-electron chi connectivity index (χ1n) is 5.51. The standard InChI is InChI=1S/C14H12N2OS/c1-7(2)11-13(9(4-15)5-16)12-8(3)18-6-10(12)14(11)17/h6,14,17H,1-3H3. The number of thiophene rings is 1. The normalized spacial score (nSPS) is 17.1. The molecule has 1 aromatic heterocycles. The van der Waals surface area contributed by atoms with Crippen LogP contribution in [0.4, 0.5) is 0 Å². The van der Waals surface area contributed by atoms with E-state index in [1.54, 1.807) is 0 Å². The molecule has 4 heteroatoms. The first kappa shape index (κ1) is 12.6.